The van der Waals surface area contributed by atoms with Crippen molar-refractivity contribution >= 4 is 37.6 Å². The Morgan fingerprint density at radius 2 is 1.38 bits per heavy atom. The van der Waals surface area contributed by atoms with Crippen molar-refractivity contribution in [2.75, 3.05) is 0 Å². The third-order valence-electron chi connectivity index (χ3n) is 7.24. The molecule has 37 heavy (non-hydrogen) atoms. The Kier molecular flexibility index (Phi) is 6.27. The minimum Gasteiger partial charge on any atom is -0.378 e. The molecule has 0 saturated carbocycles. The summed E-state index contributed by atoms with van der Waals surface area (Å²) in [5, 5.41) is 3.51. The first kappa shape index (κ1) is 25.9. The zero-order chi connectivity index (χ0) is 26.8. The van der Waals surface area contributed by atoms with Gasteiger partial charge in [-0.25, -0.2) is 0 Å². The quantitative estimate of drug-likeness (QED) is 0.431. The van der Waals surface area contributed by atoms with E-state index in [-0.39, 0.29) is 33.0 Å². The van der Waals surface area contributed by atoms with Gasteiger partial charge in [0, 0.05) is 41.3 Å². The van der Waals surface area contributed by atoms with Gasteiger partial charge in [-0.05, 0) is 69.4 Å². The molecule has 2 aromatic carbocycles. The molecule has 194 valence electrons. The lowest BCUT2D eigenvalue weighted by Gasteiger charge is -2.44. The van der Waals surface area contributed by atoms with E-state index in [2.05, 4.69) is 48.9 Å². The minimum atomic E-state index is -4.02. The maximum atomic E-state index is 13.5. The van der Waals surface area contributed by atoms with Crippen LogP contribution in [-0.2, 0) is 19.7 Å². The fraction of sp³-hybridized carbons (Fsp3) is 0.379. The zero-order valence-electron chi connectivity index (χ0n) is 21.4. The topological polar surface area (TPSA) is 89.5 Å². The van der Waals surface area contributed by atoms with Crippen LogP contribution in [0.1, 0.15) is 64.9 Å². The van der Waals surface area contributed by atoms with Crippen LogP contribution in [0.25, 0.3) is 0 Å². The molecule has 0 bridgehead atoms. The maximum absolute atomic E-state index is 13.5. The molecule has 0 spiro atoms. The van der Waals surface area contributed by atoms with Crippen LogP contribution in [0.4, 0.5) is 0 Å². The predicted molar refractivity (Wildman–Crippen MR) is 144 cm³/mol. The van der Waals surface area contributed by atoms with E-state index in [9.17, 15) is 18.0 Å². The molecule has 2 aromatic rings. The van der Waals surface area contributed by atoms with Crippen LogP contribution in [0, 0.1) is 10.8 Å². The molecule has 2 aliphatic carbocycles. The van der Waals surface area contributed by atoms with Crippen LogP contribution in [0.15, 0.2) is 80.4 Å². The average molecular weight is 585 g/mol. The van der Waals surface area contributed by atoms with E-state index in [4.69, 9.17) is 4.18 Å². The number of nitrogens with one attached hydrogen (secondary N) is 1. The summed E-state index contributed by atoms with van der Waals surface area (Å²) >= 11 is 3.47. The number of carbonyl (C=O) groups is 2. The Morgan fingerprint density at radius 3 is 1.89 bits per heavy atom. The molecule has 0 amide bonds. The predicted octanol–water partition coefficient (Wildman–Crippen LogP) is 6.19. The molecule has 3 aliphatic rings. The van der Waals surface area contributed by atoms with Gasteiger partial charge in [0.2, 0.25) is 0 Å². The van der Waals surface area contributed by atoms with Crippen molar-refractivity contribution in [3.63, 3.8) is 0 Å². The monoisotopic (exact) mass is 583 g/mol. The van der Waals surface area contributed by atoms with E-state index in [1.165, 1.54) is 12.1 Å². The third kappa shape index (κ3) is 4.93. The van der Waals surface area contributed by atoms with Crippen LogP contribution in [-0.4, -0.2) is 20.0 Å². The lowest BCUT2D eigenvalue weighted by atomic mass is 9.64. The number of rotatable bonds is 4. The van der Waals surface area contributed by atoms with E-state index >= 15 is 0 Å². The number of allylic oxidation sites excluding steroid dienone is 4. The number of benzene rings is 2. The lowest BCUT2D eigenvalue weighted by molar-refractivity contribution is -0.119. The highest BCUT2D eigenvalue weighted by Crippen LogP contribution is 2.51. The largest absolute Gasteiger partial charge is 0.378 e. The SMILES string of the molecule is CC1(C)CC(=O)C2=C(C1)NC1=C(C(=O)CC(C)(C)C1)C2c1ccc(OS(=O)(=O)c2ccccc2)c(Br)c1. The van der Waals surface area contributed by atoms with Crippen molar-refractivity contribution in [3.05, 3.63) is 81.1 Å². The van der Waals surface area contributed by atoms with E-state index in [0.717, 1.165) is 17.0 Å². The molecular formula is C29H30BrNO5S. The summed E-state index contributed by atoms with van der Waals surface area (Å²) in [6, 6.07) is 13.0. The fourth-order valence-corrected chi connectivity index (χ4v) is 7.29. The maximum Gasteiger partial charge on any atom is 0.339 e. The summed E-state index contributed by atoms with van der Waals surface area (Å²) in [4.78, 5) is 27.0. The average Bonchev–Trinajstić information content (AvgIpc) is 2.78. The van der Waals surface area contributed by atoms with Crippen molar-refractivity contribution in [2.24, 2.45) is 10.8 Å². The van der Waals surface area contributed by atoms with Crippen LogP contribution < -0.4 is 9.50 Å². The molecule has 1 N–H and O–H groups in total. The highest BCUT2D eigenvalue weighted by atomic mass is 79.9. The number of dihydropyridines is 1. The summed E-state index contributed by atoms with van der Waals surface area (Å²) in [7, 11) is -4.02. The molecular weight excluding hydrogens is 554 g/mol. The second-order valence-electron chi connectivity index (χ2n) is 11.8. The number of hydrogen-bond acceptors (Lipinski definition) is 6. The minimum absolute atomic E-state index is 0.0380. The smallest absolute Gasteiger partial charge is 0.339 e. The van der Waals surface area contributed by atoms with Gasteiger partial charge in [-0.2, -0.15) is 8.42 Å². The third-order valence-corrected chi connectivity index (χ3v) is 9.11. The van der Waals surface area contributed by atoms with Crippen LogP contribution in [0.3, 0.4) is 0 Å². The van der Waals surface area contributed by atoms with Crippen molar-refractivity contribution in [1.82, 2.24) is 5.32 Å². The molecule has 1 aliphatic heterocycles. The summed E-state index contributed by atoms with van der Waals surface area (Å²) in [6.07, 6.45) is 2.25. The molecule has 0 saturated heterocycles. The van der Waals surface area contributed by atoms with E-state index in [1.807, 2.05) is 0 Å². The zero-order valence-corrected chi connectivity index (χ0v) is 23.8. The van der Waals surface area contributed by atoms with Gasteiger partial charge in [-0.15, -0.1) is 0 Å². The summed E-state index contributed by atoms with van der Waals surface area (Å²) in [6.45, 7) is 8.34. The Labute approximate surface area is 226 Å². The number of ketones is 2. The molecule has 0 radical (unpaired) electrons. The molecule has 8 heteroatoms. The van der Waals surface area contributed by atoms with E-state index in [0.29, 0.717) is 41.3 Å². The normalized spacial score (nSPS) is 21.3. The molecule has 0 fully saturated rings. The van der Waals surface area contributed by atoms with Gasteiger partial charge in [-0.3, -0.25) is 9.59 Å². The summed E-state index contributed by atoms with van der Waals surface area (Å²) < 4.78 is 31.4. The number of halogens is 1. The van der Waals surface area contributed by atoms with Crippen molar-refractivity contribution in [3.8, 4) is 5.75 Å². The van der Waals surface area contributed by atoms with Gasteiger partial charge in [0.25, 0.3) is 0 Å². The molecule has 0 atom stereocenters. The van der Waals surface area contributed by atoms with Gasteiger partial charge >= 0.3 is 10.1 Å². The first-order chi connectivity index (χ1) is 17.3. The van der Waals surface area contributed by atoms with Crippen molar-refractivity contribution < 1.29 is 22.2 Å². The standard InChI is InChI=1S/C29H30BrNO5S/c1-28(2)13-20-26(22(32)15-28)25(27-21(31-20)14-29(3,4)16-23(27)33)17-10-11-24(19(30)12-17)36-37(34,35)18-8-6-5-7-9-18/h5-12,25,31H,13-16H2,1-4H3. The van der Waals surface area contributed by atoms with Gasteiger partial charge < -0.3 is 9.50 Å². The first-order valence-electron chi connectivity index (χ1n) is 12.3. The second-order valence-corrected chi connectivity index (χ2v) is 14.2. The van der Waals surface area contributed by atoms with Gasteiger partial charge in [0.1, 0.15) is 4.90 Å². The fourth-order valence-electron chi connectivity index (χ4n) is 5.74. The van der Waals surface area contributed by atoms with Gasteiger partial charge in [0.15, 0.2) is 17.3 Å². The Morgan fingerprint density at radius 1 is 0.838 bits per heavy atom. The summed E-state index contributed by atoms with van der Waals surface area (Å²) in [5.41, 5.74) is 3.46. The van der Waals surface area contributed by atoms with Gasteiger partial charge in [-0.1, -0.05) is 52.0 Å². The lowest BCUT2D eigenvalue weighted by Crippen LogP contribution is -2.42. The Balaban J connectivity index is 1.58. The molecule has 5 rings (SSSR count). The molecule has 6 nitrogen and oxygen atoms in total. The molecule has 0 aromatic heterocycles. The second kappa shape index (κ2) is 8.95. The number of hydrogen-bond donors (Lipinski definition) is 1. The van der Waals surface area contributed by atoms with E-state index in [1.54, 1.807) is 36.4 Å². The first-order valence-corrected chi connectivity index (χ1v) is 14.5. The van der Waals surface area contributed by atoms with Gasteiger partial charge in [0.05, 0.1) is 4.47 Å². The molecule has 0 unspecified atom stereocenters. The Hall–Kier alpha value is -2.71. The van der Waals surface area contributed by atoms with Crippen LogP contribution in [0.5, 0.6) is 5.75 Å². The van der Waals surface area contributed by atoms with Crippen molar-refractivity contribution in [2.45, 2.75) is 64.2 Å². The number of carbonyl (C=O) groups excluding carboxylic acids is 2. The Bertz CT molecular complexity index is 1430. The van der Waals surface area contributed by atoms with Crippen LogP contribution >= 0.6 is 15.9 Å². The highest BCUT2D eigenvalue weighted by molar-refractivity contribution is 9.10. The number of Topliss-reactive ketones (excluding diaryl/α,β-unsaturated/α-hetero) is 2. The molecule has 1 heterocycles. The highest BCUT2D eigenvalue weighted by Gasteiger charge is 2.46. The van der Waals surface area contributed by atoms with E-state index < -0.39 is 16.0 Å². The van der Waals surface area contributed by atoms with Crippen molar-refractivity contribution in [1.29, 1.82) is 0 Å². The van der Waals surface area contributed by atoms with Crippen LogP contribution in [0.2, 0.25) is 0 Å². The summed E-state index contributed by atoms with van der Waals surface area (Å²) in [5.74, 6) is -0.293.